The lowest BCUT2D eigenvalue weighted by Crippen LogP contribution is -2.47. The van der Waals surface area contributed by atoms with Gasteiger partial charge in [0.15, 0.2) is 6.29 Å². The quantitative estimate of drug-likeness (QED) is 0.761. The molecule has 0 aromatic heterocycles. The molecule has 1 saturated carbocycles. The Morgan fingerprint density at radius 1 is 1.22 bits per heavy atom. The van der Waals surface area contributed by atoms with Gasteiger partial charge in [-0.1, -0.05) is 30.3 Å². The Hall–Kier alpha value is -1.00. The second-order valence-corrected chi connectivity index (χ2v) is 5.37. The summed E-state index contributed by atoms with van der Waals surface area (Å²) in [6.45, 7) is 1.73. The molecule has 3 rings (SSSR count). The first-order valence-electron chi connectivity index (χ1n) is 6.25. The largest absolute Gasteiger partial charge is 0.342 e. The number of alkyl halides is 2. The maximum atomic E-state index is 13.5. The van der Waals surface area contributed by atoms with Gasteiger partial charge in [-0.3, -0.25) is 0 Å². The van der Waals surface area contributed by atoms with E-state index >= 15 is 0 Å². The molecule has 2 fully saturated rings. The van der Waals surface area contributed by atoms with Crippen LogP contribution in [-0.2, 0) is 9.47 Å². The zero-order valence-electron chi connectivity index (χ0n) is 10.2. The molecule has 0 radical (unpaired) electrons. The minimum absolute atomic E-state index is 0.113. The molecule has 4 heteroatoms. The number of fused-ring (bicyclic) bond motifs is 1. The molecule has 1 aromatic carbocycles. The third kappa shape index (κ3) is 2.04. The smallest absolute Gasteiger partial charge is 0.251 e. The van der Waals surface area contributed by atoms with Crippen LogP contribution in [0.3, 0.4) is 0 Å². The topological polar surface area (TPSA) is 18.5 Å². The average molecular weight is 254 g/mol. The Bertz CT molecular complexity index is 435. The van der Waals surface area contributed by atoms with Crippen molar-refractivity contribution in [3.8, 4) is 0 Å². The lowest BCUT2D eigenvalue weighted by molar-refractivity contribution is -0.137. The van der Waals surface area contributed by atoms with Crippen LogP contribution in [0.25, 0.3) is 0 Å². The molecule has 0 amide bonds. The van der Waals surface area contributed by atoms with Crippen molar-refractivity contribution in [2.75, 3.05) is 0 Å². The van der Waals surface area contributed by atoms with Crippen LogP contribution in [0.4, 0.5) is 8.78 Å². The Kier molecular flexibility index (Phi) is 2.68. The van der Waals surface area contributed by atoms with E-state index < -0.39 is 17.8 Å². The predicted octanol–water partition coefficient (Wildman–Crippen LogP) is 3.68. The van der Waals surface area contributed by atoms with Crippen molar-refractivity contribution >= 4 is 0 Å². The van der Waals surface area contributed by atoms with Gasteiger partial charge in [0.2, 0.25) is 0 Å². The van der Waals surface area contributed by atoms with Gasteiger partial charge in [-0.2, -0.15) is 0 Å². The van der Waals surface area contributed by atoms with Crippen LogP contribution in [0.5, 0.6) is 0 Å². The molecule has 2 aliphatic rings. The Labute approximate surface area is 105 Å². The molecule has 0 bridgehead atoms. The van der Waals surface area contributed by atoms with E-state index in [9.17, 15) is 8.78 Å². The zero-order chi connectivity index (χ0) is 12.8. The molecule has 1 heterocycles. The molecular formula is C14H16F2O2. The van der Waals surface area contributed by atoms with Crippen LogP contribution in [0.15, 0.2) is 30.3 Å². The van der Waals surface area contributed by atoms with Gasteiger partial charge < -0.3 is 9.47 Å². The van der Waals surface area contributed by atoms with E-state index in [2.05, 4.69) is 0 Å². The van der Waals surface area contributed by atoms with Crippen molar-refractivity contribution in [1.29, 1.82) is 0 Å². The van der Waals surface area contributed by atoms with Gasteiger partial charge in [-0.15, -0.1) is 0 Å². The number of ether oxygens (including phenoxy) is 2. The SMILES string of the molecule is CC12CC(F)(F)CCC1OC(c1ccccc1)O2. The van der Waals surface area contributed by atoms with Gasteiger partial charge in [0.25, 0.3) is 5.92 Å². The van der Waals surface area contributed by atoms with Crippen molar-refractivity contribution in [2.24, 2.45) is 0 Å². The van der Waals surface area contributed by atoms with Crippen LogP contribution in [-0.4, -0.2) is 17.6 Å². The van der Waals surface area contributed by atoms with Crippen molar-refractivity contribution in [3.63, 3.8) is 0 Å². The third-order valence-electron chi connectivity index (χ3n) is 3.80. The van der Waals surface area contributed by atoms with Crippen molar-refractivity contribution < 1.29 is 18.3 Å². The Morgan fingerprint density at radius 2 is 1.94 bits per heavy atom. The highest BCUT2D eigenvalue weighted by atomic mass is 19.3. The monoisotopic (exact) mass is 254 g/mol. The maximum absolute atomic E-state index is 13.5. The summed E-state index contributed by atoms with van der Waals surface area (Å²) in [5.74, 6) is -2.64. The highest BCUT2D eigenvalue weighted by Crippen LogP contribution is 2.50. The Balaban J connectivity index is 1.82. The molecule has 0 spiro atoms. The highest BCUT2D eigenvalue weighted by molar-refractivity contribution is 5.17. The summed E-state index contributed by atoms with van der Waals surface area (Å²) in [4.78, 5) is 0. The van der Waals surface area contributed by atoms with Crippen LogP contribution < -0.4 is 0 Å². The minimum atomic E-state index is -2.64. The summed E-state index contributed by atoms with van der Waals surface area (Å²) in [6, 6.07) is 9.47. The van der Waals surface area contributed by atoms with E-state index in [1.165, 1.54) is 0 Å². The third-order valence-corrected chi connectivity index (χ3v) is 3.80. The molecule has 3 unspecified atom stereocenters. The van der Waals surface area contributed by atoms with Crippen molar-refractivity contribution in [2.45, 2.75) is 50.1 Å². The van der Waals surface area contributed by atoms with Gasteiger partial charge in [0, 0.05) is 18.4 Å². The second-order valence-electron chi connectivity index (χ2n) is 5.37. The highest BCUT2D eigenvalue weighted by Gasteiger charge is 2.55. The molecule has 1 aromatic rings. The van der Waals surface area contributed by atoms with Gasteiger partial charge in [-0.05, 0) is 13.3 Å². The normalized spacial score (nSPS) is 38.4. The van der Waals surface area contributed by atoms with Crippen LogP contribution in [0, 0.1) is 0 Å². The molecule has 1 saturated heterocycles. The van der Waals surface area contributed by atoms with Crippen molar-refractivity contribution in [3.05, 3.63) is 35.9 Å². The maximum Gasteiger partial charge on any atom is 0.251 e. The number of hydrogen-bond donors (Lipinski definition) is 0. The number of halogens is 2. The van der Waals surface area contributed by atoms with E-state index in [1.54, 1.807) is 6.92 Å². The predicted molar refractivity (Wildman–Crippen MR) is 62.3 cm³/mol. The first-order chi connectivity index (χ1) is 8.49. The lowest BCUT2D eigenvalue weighted by atomic mass is 9.81. The van der Waals surface area contributed by atoms with E-state index in [0.29, 0.717) is 6.42 Å². The van der Waals surface area contributed by atoms with Crippen molar-refractivity contribution in [1.82, 2.24) is 0 Å². The van der Waals surface area contributed by atoms with E-state index in [0.717, 1.165) is 5.56 Å². The number of hydrogen-bond acceptors (Lipinski definition) is 2. The molecular weight excluding hydrogens is 238 g/mol. The fraction of sp³-hybridized carbons (Fsp3) is 0.571. The summed E-state index contributed by atoms with van der Waals surface area (Å²) in [6.07, 6.45) is -0.767. The lowest BCUT2D eigenvalue weighted by Gasteiger charge is -2.37. The minimum Gasteiger partial charge on any atom is -0.342 e. The van der Waals surface area contributed by atoms with Gasteiger partial charge >= 0.3 is 0 Å². The average Bonchev–Trinajstić information content (AvgIpc) is 2.65. The van der Waals surface area contributed by atoms with E-state index in [1.807, 2.05) is 30.3 Å². The molecule has 98 valence electrons. The van der Waals surface area contributed by atoms with Crippen LogP contribution in [0.1, 0.15) is 38.0 Å². The number of rotatable bonds is 1. The van der Waals surface area contributed by atoms with Gasteiger partial charge in [0.1, 0.15) is 5.60 Å². The first kappa shape index (κ1) is 12.1. The molecule has 3 atom stereocenters. The molecule has 1 aliphatic carbocycles. The summed E-state index contributed by atoms with van der Waals surface area (Å²) >= 11 is 0. The van der Waals surface area contributed by atoms with E-state index in [4.69, 9.17) is 9.47 Å². The molecule has 2 nitrogen and oxygen atoms in total. The fourth-order valence-corrected chi connectivity index (χ4v) is 2.87. The second kappa shape index (κ2) is 4.00. The zero-order valence-corrected chi connectivity index (χ0v) is 10.2. The molecule has 0 N–H and O–H groups in total. The van der Waals surface area contributed by atoms with Crippen LogP contribution in [0.2, 0.25) is 0 Å². The molecule has 1 aliphatic heterocycles. The molecule has 18 heavy (non-hydrogen) atoms. The van der Waals surface area contributed by atoms with Crippen LogP contribution >= 0.6 is 0 Å². The summed E-state index contributed by atoms with van der Waals surface area (Å²) in [5, 5.41) is 0. The van der Waals surface area contributed by atoms with E-state index in [-0.39, 0.29) is 18.9 Å². The van der Waals surface area contributed by atoms with Gasteiger partial charge in [0.05, 0.1) is 6.10 Å². The summed E-state index contributed by atoms with van der Waals surface area (Å²) < 4.78 is 38.5. The first-order valence-corrected chi connectivity index (χ1v) is 6.25. The fourth-order valence-electron chi connectivity index (χ4n) is 2.87. The standard InChI is InChI=1S/C14H16F2O2/c1-13-9-14(15,16)8-7-11(13)17-12(18-13)10-5-3-2-4-6-10/h2-6,11-12H,7-9H2,1H3. The number of benzene rings is 1. The summed E-state index contributed by atoms with van der Waals surface area (Å²) in [5.41, 5.74) is 0.0128. The van der Waals surface area contributed by atoms with Gasteiger partial charge in [-0.25, -0.2) is 8.78 Å². The summed E-state index contributed by atoms with van der Waals surface area (Å²) in [7, 11) is 0. The Morgan fingerprint density at radius 3 is 2.67 bits per heavy atom.